The molecule has 1 atom stereocenters. The molecule has 2 aliphatic rings. The molecular formula is C15H22N2O2S. The molecule has 1 saturated carbocycles. The fraction of sp³-hybridized carbons (Fsp3) is 0.600. The normalized spacial score (nSPS) is 20.1. The molecule has 1 aliphatic heterocycles. The number of fused-ring (bicyclic) bond motifs is 1. The van der Waals surface area contributed by atoms with Crippen LogP contribution in [0, 0.1) is 5.92 Å². The average molecular weight is 294 g/mol. The number of sulfonamides is 1. The molecule has 1 aliphatic carbocycles. The van der Waals surface area contributed by atoms with Crippen LogP contribution in [-0.2, 0) is 16.4 Å². The number of benzene rings is 1. The molecule has 0 radical (unpaired) electrons. The molecule has 2 N–H and O–H groups in total. The van der Waals surface area contributed by atoms with Gasteiger partial charge in [-0.05, 0) is 55.9 Å². The summed E-state index contributed by atoms with van der Waals surface area (Å²) in [6.07, 6.45) is 5.45. The van der Waals surface area contributed by atoms with Crippen molar-refractivity contribution in [2.45, 2.75) is 50.0 Å². The molecule has 1 aromatic rings. The van der Waals surface area contributed by atoms with E-state index in [-0.39, 0.29) is 6.04 Å². The Labute approximate surface area is 121 Å². The standard InChI is InChI=1S/C15H22N2O2S/c1-11(9-12-4-5-12)17-20(18,19)14-6-7-15-13(10-14)3-2-8-16-15/h6-7,10-12,16-17H,2-5,8-9H2,1H3. The maximum atomic E-state index is 12.4. The van der Waals surface area contributed by atoms with Gasteiger partial charge in [0.25, 0.3) is 0 Å². The summed E-state index contributed by atoms with van der Waals surface area (Å²) in [7, 11) is -3.39. The SMILES string of the molecule is CC(CC1CC1)NS(=O)(=O)c1ccc2c(c1)CCCN2. The van der Waals surface area contributed by atoms with E-state index in [1.54, 1.807) is 6.07 Å². The van der Waals surface area contributed by atoms with Crippen molar-refractivity contribution in [2.75, 3.05) is 11.9 Å². The summed E-state index contributed by atoms with van der Waals surface area (Å²) in [6.45, 7) is 2.92. The minimum Gasteiger partial charge on any atom is -0.385 e. The van der Waals surface area contributed by atoms with Crippen LogP contribution in [0.4, 0.5) is 5.69 Å². The van der Waals surface area contributed by atoms with Gasteiger partial charge in [0.05, 0.1) is 4.90 Å². The van der Waals surface area contributed by atoms with Gasteiger partial charge in [-0.1, -0.05) is 12.8 Å². The molecule has 0 aromatic heterocycles. The van der Waals surface area contributed by atoms with Crippen LogP contribution in [0.25, 0.3) is 0 Å². The highest BCUT2D eigenvalue weighted by molar-refractivity contribution is 7.89. The first-order valence-corrected chi connectivity index (χ1v) is 8.92. The van der Waals surface area contributed by atoms with E-state index < -0.39 is 10.0 Å². The number of anilines is 1. The van der Waals surface area contributed by atoms with Crippen LogP contribution in [0.3, 0.4) is 0 Å². The number of hydrogen-bond donors (Lipinski definition) is 2. The third kappa shape index (κ3) is 3.15. The average Bonchev–Trinajstić information content (AvgIpc) is 3.21. The van der Waals surface area contributed by atoms with Crippen molar-refractivity contribution in [3.8, 4) is 0 Å². The number of hydrogen-bond acceptors (Lipinski definition) is 3. The van der Waals surface area contributed by atoms with Gasteiger partial charge in [0.1, 0.15) is 0 Å². The molecule has 5 heteroatoms. The summed E-state index contributed by atoms with van der Waals surface area (Å²) in [6, 6.07) is 5.41. The molecule has 0 saturated heterocycles. The number of nitrogens with one attached hydrogen (secondary N) is 2. The lowest BCUT2D eigenvalue weighted by Gasteiger charge is -2.19. The summed E-state index contributed by atoms with van der Waals surface area (Å²) >= 11 is 0. The Morgan fingerprint density at radius 3 is 2.95 bits per heavy atom. The molecule has 3 rings (SSSR count). The van der Waals surface area contributed by atoms with Gasteiger partial charge >= 0.3 is 0 Å². The highest BCUT2D eigenvalue weighted by Gasteiger charge is 2.26. The van der Waals surface area contributed by atoms with Crippen molar-refractivity contribution in [3.05, 3.63) is 23.8 Å². The topological polar surface area (TPSA) is 58.2 Å². The maximum absolute atomic E-state index is 12.4. The van der Waals surface area contributed by atoms with Crippen molar-refractivity contribution in [1.29, 1.82) is 0 Å². The lowest BCUT2D eigenvalue weighted by atomic mass is 10.0. The van der Waals surface area contributed by atoms with E-state index in [2.05, 4.69) is 10.0 Å². The van der Waals surface area contributed by atoms with E-state index in [9.17, 15) is 8.42 Å². The number of aryl methyl sites for hydroxylation is 1. The smallest absolute Gasteiger partial charge is 0.240 e. The molecule has 110 valence electrons. The van der Waals surface area contributed by atoms with Gasteiger partial charge < -0.3 is 5.32 Å². The lowest BCUT2D eigenvalue weighted by Crippen LogP contribution is -2.33. The second-order valence-electron chi connectivity index (χ2n) is 6.05. The zero-order valence-electron chi connectivity index (χ0n) is 11.9. The molecule has 4 nitrogen and oxygen atoms in total. The van der Waals surface area contributed by atoms with Crippen LogP contribution in [0.15, 0.2) is 23.1 Å². The Morgan fingerprint density at radius 1 is 1.40 bits per heavy atom. The molecule has 1 heterocycles. The molecule has 0 spiro atoms. The highest BCUT2D eigenvalue weighted by Crippen LogP contribution is 2.33. The Kier molecular flexibility index (Phi) is 3.73. The van der Waals surface area contributed by atoms with Gasteiger partial charge in [0.15, 0.2) is 0 Å². The van der Waals surface area contributed by atoms with Crippen molar-refractivity contribution < 1.29 is 8.42 Å². The first kappa shape index (κ1) is 13.9. The Balaban J connectivity index is 1.75. The largest absolute Gasteiger partial charge is 0.385 e. The quantitative estimate of drug-likeness (QED) is 0.877. The van der Waals surface area contributed by atoms with Gasteiger partial charge in [-0.2, -0.15) is 0 Å². The molecule has 0 amide bonds. The van der Waals surface area contributed by atoms with E-state index in [0.29, 0.717) is 4.90 Å². The number of rotatable bonds is 5. The maximum Gasteiger partial charge on any atom is 0.240 e. The summed E-state index contributed by atoms with van der Waals surface area (Å²) in [5, 5.41) is 3.30. The predicted molar refractivity (Wildman–Crippen MR) is 80.4 cm³/mol. The van der Waals surface area contributed by atoms with Crippen molar-refractivity contribution >= 4 is 15.7 Å². The Morgan fingerprint density at radius 2 is 2.20 bits per heavy atom. The zero-order valence-corrected chi connectivity index (χ0v) is 12.7. The van der Waals surface area contributed by atoms with E-state index in [1.165, 1.54) is 12.8 Å². The lowest BCUT2D eigenvalue weighted by molar-refractivity contribution is 0.530. The Bertz CT molecular complexity index is 594. The first-order valence-electron chi connectivity index (χ1n) is 7.44. The van der Waals surface area contributed by atoms with Gasteiger partial charge in [-0.3, -0.25) is 0 Å². The van der Waals surface area contributed by atoms with Gasteiger partial charge in [-0.25, -0.2) is 13.1 Å². The van der Waals surface area contributed by atoms with Crippen LogP contribution < -0.4 is 10.0 Å². The van der Waals surface area contributed by atoms with Crippen molar-refractivity contribution in [3.63, 3.8) is 0 Å². The van der Waals surface area contributed by atoms with E-state index >= 15 is 0 Å². The zero-order chi connectivity index (χ0) is 14.2. The van der Waals surface area contributed by atoms with Crippen molar-refractivity contribution in [2.24, 2.45) is 5.92 Å². The second kappa shape index (κ2) is 5.37. The summed E-state index contributed by atoms with van der Waals surface area (Å²) in [5.41, 5.74) is 2.18. The first-order chi connectivity index (χ1) is 9.54. The van der Waals surface area contributed by atoms with E-state index in [4.69, 9.17) is 0 Å². The van der Waals surface area contributed by atoms with Crippen LogP contribution >= 0.6 is 0 Å². The van der Waals surface area contributed by atoms with Gasteiger partial charge in [-0.15, -0.1) is 0 Å². The minimum absolute atomic E-state index is 0.0154. The summed E-state index contributed by atoms with van der Waals surface area (Å²) in [4.78, 5) is 0.391. The van der Waals surface area contributed by atoms with E-state index in [1.807, 2.05) is 19.1 Å². The van der Waals surface area contributed by atoms with Gasteiger partial charge in [0.2, 0.25) is 10.0 Å². The molecule has 1 aromatic carbocycles. The van der Waals surface area contributed by atoms with Crippen molar-refractivity contribution in [1.82, 2.24) is 4.72 Å². The molecule has 1 unspecified atom stereocenters. The molecular weight excluding hydrogens is 272 g/mol. The summed E-state index contributed by atoms with van der Waals surface area (Å²) in [5.74, 6) is 0.723. The van der Waals surface area contributed by atoms with E-state index in [0.717, 1.165) is 43.0 Å². The molecule has 0 bridgehead atoms. The highest BCUT2D eigenvalue weighted by atomic mass is 32.2. The fourth-order valence-corrected chi connectivity index (χ4v) is 4.16. The monoisotopic (exact) mass is 294 g/mol. The Hall–Kier alpha value is -1.07. The van der Waals surface area contributed by atoms with Crippen LogP contribution in [0.5, 0.6) is 0 Å². The van der Waals surface area contributed by atoms with Crippen LogP contribution in [0.2, 0.25) is 0 Å². The molecule has 1 fully saturated rings. The fourth-order valence-electron chi connectivity index (χ4n) is 2.85. The predicted octanol–water partition coefficient (Wildman–Crippen LogP) is 2.51. The molecule has 20 heavy (non-hydrogen) atoms. The van der Waals surface area contributed by atoms with Crippen LogP contribution in [-0.4, -0.2) is 21.0 Å². The second-order valence-corrected chi connectivity index (χ2v) is 7.76. The summed E-state index contributed by atoms with van der Waals surface area (Å²) < 4.78 is 27.6. The van der Waals surface area contributed by atoms with Crippen LogP contribution in [0.1, 0.15) is 38.2 Å². The third-order valence-corrected chi connectivity index (χ3v) is 5.65. The minimum atomic E-state index is -3.39. The van der Waals surface area contributed by atoms with Gasteiger partial charge in [0, 0.05) is 18.3 Å². The third-order valence-electron chi connectivity index (χ3n) is 4.07.